The minimum Gasteiger partial charge on any atom is -0.341 e. The Balaban J connectivity index is 1.46. The number of benzene rings is 2. The van der Waals surface area contributed by atoms with Crippen molar-refractivity contribution in [3.8, 4) is 11.4 Å². The fourth-order valence-corrected chi connectivity index (χ4v) is 3.34. The number of fused-ring (bicyclic) bond motifs is 1. The number of aromatic nitrogens is 2. The number of hydrogen-bond donors (Lipinski definition) is 1. The van der Waals surface area contributed by atoms with Gasteiger partial charge in [-0.25, -0.2) is 4.39 Å². The minimum absolute atomic E-state index is 0.169. The quantitative estimate of drug-likeness (QED) is 0.751. The van der Waals surface area contributed by atoms with E-state index in [1.165, 1.54) is 36.1 Å². The molecular formula is C21H20FN3O2. The van der Waals surface area contributed by atoms with Gasteiger partial charge in [-0.3, -0.25) is 4.79 Å². The van der Waals surface area contributed by atoms with Crippen molar-refractivity contribution in [2.75, 3.05) is 0 Å². The minimum atomic E-state index is -0.435. The zero-order valence-corrected chi connectivity index (χ0v) is 15.0. The molecule has 1 heterocycles. The van der Waals surface area contributed by atoms with Crippen molar-refractivity contribution in [2.24, 2.45) is 0 Å². The van der Waals surface area contributed by atoms with Crippen LogP contribution in [0.2, 0.25) is 0 Å². The summed E-state index contributed by atoms with van der Waals surface area (Å²) in [6.07, 6.45) is 4.49. The number of carbonyl (C=O) groups excluding carboxylic acids is 1. The number of nitrogens with one attached hydrogen (secondary N) is 1. The summed E-state index contributed by atoms with van der Waals surface area (Å²) in [6.45, 7) is 1.79. The van der Waals surface area contributed by atoms with Gasteiger partial charge in [0.25, 0.3) is 5.91 Å². The lowest BCUT2D eigenvalue weighted by Crippen LogP contribution is -2.27. The molecule has 27 heavy (non-hydrogen) atoms. The Kier molecular flexibility index (Phi) is 4.71. The number of aryl methyl sites for hydroxylation is 2. The molecule has 0 saturated heterocycles. The molecule has 0 bridgehead atoms. The maximum absolute atomic E-state index is 13.0. The van der Waals surface area contributed by atoms with Crippen LogP contribution in [-0.2, 0) is 12.8 Å². The molecule has 1 aliphatic carbocycles. The van der Waals surface area contributed by atoms with E-state index in [1.807, 2.05) is 18.2 Å². The van der Waals surface area contributed by atoms with E-state index in [9.17, 15) is 9.18 Å². The first-order valence-corrected chi connectivity index (χ1v) is 9.12. The van der Waals surface area contributed by atoms with E-state index in [1.54, 1.807) is 19.1 Å². The second-order valence-electron chi connectivity index (χ2n) is 6.85. The number of halogens is 1. The molecule has 0 fully saturated rings. The standard InChI is InChI=1S/C21H20FN3O2/c1-13(21-24-19(25-27-21)15-8-10-18(22)11-9-15)23-20(26)17-7-6-14-4-2-3-5-16(14)12-17/h6-13H,2-5H2,1H3,(H,23,26). The molecule has 2 aromatic carbocycles. The van der Waals surface area contributed by atoms with Crippen molar-refractivity contribution in [3.63, 3.8) is 0 Å². The Morgan fingerprint density at radius 2 is 1.85 bits per heavy atom. The Morgan fingerprint density at radius 1 is 1.11 bits per heavy atom. The molecule has 1 aliphatic rings. The summed E-state index contributed by atoms with van der Waals surface area (Å²) in [6, 6.07) is 11.3. The highest BCUT2D eigenvalue weighted by Gasteiger charge is 2.19. The highest BCUT2D eigenvalue weighted by molar-refractivity contribution is 5.94. The number of amides is 1. The van der Waals surface area contributed by atoms with Crippen molar-refractivity contribution in [1.82, 2.24) is 15.5 Å². The molecule has 6 heteroatoms. The normalized spacial score (nSPS) is 14.4. The van der Waals surface area contributed by atoms with Crippen molar-refractivity contribution in [3.05, 3.63) is 70.9 Å². The van der Waals surface area contributed by atoms with Crippen LogP contribution >= 0.6 is 0 Å². The Morgan fingerprint density at radius 3 is 2.63 bits per heavy atom. The van der Waals surface area contributed by atoms with E-state index in [-0.39, 0.29) is 11.7 Å². The summed E-state index contributed by atoms with van der Waals surface area (Å²) >= 11 is 0. The molecule has 138 valence electrons. The van der Waals surface area contributed by atoms with Gasteiger partial charge in [-0.2, -0.15) is 4.98 Å². The van der Waals surface area contributed by atoms with E-state index in [0.717, 1.165) is 12.8 Å². The lowest BCUT2D eigenvalue weighted by Gasteiger charge is -2.17. The highest BCUT2D eigenvalue weighted by atomic mass is 19.1. The smallest absolute Gasteiger partial charge is 0.251 e. The molecule has 0 spiro atoms. The second-order valence-corrected chi connectivity index (χ2v) is 6.85. The van der Waals surface area contributed by atoms with Gasteiger partial charge in [0.1, 0.15) is 11.9 Å². The SMILES string of the molecule is CC(NC(=O)c1ccc2c(c1)CCCC2)c1nc(-c2ccc(F)cc2)no1. The maximum atomic E-state index is 13.0. The summed E-state index contributed by atoms with van der Waals surface area (Å²) in [5, 5.41) is 6.81. The van der Waals surface area contributed by atoms with Crippen LogP contribution in [0, 0.1) is 5.82 Å². The van der Waals surface area contributed by atoms with Crippen LogP contribution < -0.4 is 5.32 Å². The summed E-state index contributed by atoms with van der Waals surface area (Å²) < 4.78 is 18.3. The molecule has 4 rings (SSSR count). The molecule has 1 aromatic heterocycles. The third kappa shape index (κ3) is 3.74. The van der Waals surface area contributed by atoms with Crippen LogP contribution in [0.15, 0.2) is 47.0 Å². The van der Waals surface area contributed by atoms with Gasteiger partial charge in [-0.15, -0.1) is 0 Å². The third-order valence-electron chi connectivity index (χ3n) is 4.87. The predicted octanol–water partition coefficient (Wildman–Crippen LogP) is 4.25. The molecule has 5 nitrogen and oxygen atoms in total. The number of rotatable bonds is 4. The van der Waals surface area contributed by atoms with Gasteiger partial charge in [0, 0.05) is 11.1 Å². The topological polar surface area (TPSA) is 68.0 Å². The first kappa shape index (κ1) is 17.4. The molecule has 0 saturated carbocycles. The molecule has 1 N–H and O–H groups in total. The van der Waals surface area contributed by atoms with E-state index in [0.29, 0.717) is 22.8 Å². The number of carbonyl (C=O) groups is 1. The Bertz CT molecular complexity index is 966. The molecule has 1 atom stereocenters. The van der Waals surface area contributed by atoms with E-state index in [4.69, 9.17) is 4.52 Å². The van der Waals surface area contributed by atoms with Crippen molar-refractivity contribution >= 4 is 5.91 Å². The summed E-state index contributed by atoms with van der Waals surface area (Å²) in [7, 11) is 0. The predicted molar refractivity (Wildman–Crippen MR) is 98.7 cm³/mol. The lowest BCUT2D eigenvalue weighted by molar-refractivity contribution is 0.0932. The van der Waals surface area contributed by atoms with Crippen molar-refractivity contribution in [1.29, 1.82) is 0 Å². The third-order valence-corrected chi connectivity index (χ3v) is 4.87. The van der Waals surface area contributed by atoms with Gasteiger partial charge in [0.15, 0.2) is 0 Å². The molecule has 1 amide bonds. The van der Waals surface area contributed by atoms with E-state index in [2.05, 4.69) is 15.5 Å². The average Bonchev–Trinajstić information content (AvgIpc) is 3.18. The summed E-state index contributed by atoms with van der Waals surface area (Å²) in [5.74, 6) is 0.172. The summed E-state index contributed by atoms with van der Waals surface area (Å²) in [4.78, 5) is 16.9. The second kappa shape index (κ2) is 7.31. The first-order valence-electron chi connectivity index (χ1n) is 9.12. The van der Waals surface area contributed by atoms with Crippen LogP contribution in [0.1, 0.15) is 53.2 Å². The molecule has 1 unspecified atom stereocenters. The zero-order chi connectivity index (χ0) is 18.8. The first-order chi connectivity index (χ1) is 13.1. The van der Waals surface area contributed by atoms with Gasteiger partial charge < -0.3 is 9.84 Å². The molecule has 3 aromatic rings. The Hall–Kier alpha value is -3.02. The maximum Gasteiger partial charge on any atom is 0.251 e. The van der Waals surface area contributed by atoms with Gasteiger partial charge in [0.05, 0.1) is 0 Å². The summed E-state index contributed by atoms with van der Waals surface area (Å²) in [5.41, 5.74) is 3.89. The zero-order valence-electron chi connectivity index (χ0n) is 15.0. The highest BCUT2D eigenvalue weighted by Crippen LogP contribution is 2.23. The molecule has 0 radical (unpaired) electrons. The number of nitrogens with zero attached hydrogens (tertiary/aromatic N) is 2. The number of hydrogen-bond acceptors (Lipinski definition) is 4. The van der Waals surface area contributed by atoms with Crippen molar-refractivity contribution in [2.45, 2.75) is 38.6 Å². The van der Waals surface area contributed by atoms with Gasteiger partial charge in [0.2, 0.25) is 11.7 Å². The monoisotopic (exact) mass is 365 g/mol. The van der Waals surface area contributed by atoms with E-state index < -0.39 is 6.04 Å². The van der Waals surface area contributed by atoms with Gasteiger partial charge in [-0.1, -0.05) is 11.2 Å². The largest absolute Gasteiger partial charge is 0.341 e. The Labute approximate surface area is 156 Å². The van der Waals surface area contributed by atoms with Crippen LogP contribution in [-0.4, -0.2) is 16.0 Å². The van der Waals surface area contributed by atoms with Crippen LogP contribution in [0.3, 0.4) is 0 Å². The van der Waals surface area contributed by atoms with Crippen LogP contribution in [0.25, 0.3) is 11.4 Å². The van der Waals surface area contributed by atoms with Crippen LogP contribution in [0.5, 0.6) is 0 Å². The van der Waals surface area contributed by atoms with Crippen LogP contribution in [0.4, 0.5) is 4.39 Å². The lowest BCUT2D eigenvalue weighted by atomic mass is 9.90. The van der Waals surface area contributed by atoms with Crippen molar-refractivity contribution < 1.29 is 13.7 Å². The van der Waals surface area contributed by atoms with Gasteiger partial charge in [-0.05, 0) is 80.1 Å². The molecule has 0 aliphatic heterocycles. The fraction of sp³-hybridized carbons (Fsp3) is 0.286. The molecular weight excluding hydrogens is 345 g/mol. The fourth-order valence-electron chi connectivity index (χ4n) is 3.34. The van der Waals surface area contributed by atoms with Gasteiger partial charge >= 0.3 is 0 Å². The average molecular weight is 365 g/mol. The van der Waals surface area contributed by atoms with E-state index >= 15 is 0 Å².